The van der Waals surface area contributed by atoms with Crippen molar-refractivity contribution in [3.63, 3.8) is 0 Å². The van der Waals surface area contributed by atoms with Crippen molar-refractivity contribution in [1.29, 1.82) is 0 Å². The van der Waals surface area contributed by atoms with Gasteiger partial charge in [-0.25, -0.2) is 0 Å². The molecule has 5 rings (SSSR count). The molecule has 1 unspecified atom stereocenters. The van der Waals surface area contributed by atoms with E-state index in [4.69, 9.17) is 28.2 Å². The number of carbonyl (C=O) groups is 2. The number of carboxylic acid groups (broad SMARTS) is 1. The first-order valence-electron chi connectivity index (χ1n) is 13.2. The van der Waals surface area contributed by atoms with Crippen LogP contribution in [0.3, 0.4) is 0 Å². The van der Waals surface area contributed by atoms with Crippen LogP contribution >= 0.6 is 23.2 Å². The summed E-state index contributed by atoms with van der Waals surface area (Å²) in [6, 6.07) is 20.7. The van der Waals surface area contributed by atoms with Crippen LogP contribution in [0.15, 0.2) is 66.7 Å². The highest BCUT2D eigenvalue weighted by atomic mass is 35.5. The van der Waals surface area contributed by atoms with Crippen LogP contribution in [-0.2, 0) is 9.59 Å². The van der Waals surface area contributed by atoms with Gasteiger partial charge < -0.3 is 10.0 Å². The Balaban J connectivity index is 1.70. The predicted octanol–water partition coefficient (Wildman–Crippen LogP) is 7.96. The lowest BCUT2D eigenvalue weighted by Gasteiger charge is -2.51. The lowest BCUT2D eigenvalue weighted by Crippen LogP contribution is -2.53. The summed E-state index contributed by atoms with van der Waals surface area (Å²) in [5.74, 6) is -0.855. The molecular formula is C31H32Cl2N2O3. The first-order chi connectivity index (χ1) is 18.2. The van der Waals surface area contributed by atoms with E-state index in [0.717, 1.165) is 35.4 Å². The molecule has 1 aliphatic carbocycles. The number of hydrogen-bond acceptors (Lipinski definition) is 3. The molecule has 0 radical (unpaired) electrons. The van der Waals surface area contributed by atoms with E-state index in [-0.39, 0.29) is 30.3 Å². The van der Waals surface area contributed by atoms with Gasteiger partial charge in [-0.15, -0.1) is 0 Å². The van der Waals surface area contributed by atoms with Crippen LogP contribution in [0.4, 0.5) is 0 Å². The van der Waals surface area contributed by atoms with Gasteiger partial charge in [-0.3, -0.25) is 14.6 Å². The highest BCUT2D eigenvalue weighted by Gasteiger charge is 2.52. The molecule has 1 aromatic heterocycles. The number of benzene rings is 2. The molecule has 7 heteroatoms. The monoisotopic (exact) mass is 550 g/mol. The molecule has 1 amide bonds. The van der Waals surface area contributed by atoms with Crippen molar-refractivity contribution in [2.45, 2.75) is 69.9 Å². The summed E-state index contributed by atoms with van der Waals surface area (Å²) >= 11 is 12.7. The number of aromatic nitrogens is 1. The lowest BCUT2D eigenvalue weighted by molar-refractivity contribution is -0.161. The third-order valence-electron chi connectivity index (χ3n) is 7.98. The Labute approximate surface area is 233 Å². The minimum absolute atomic E-state index is 0.163. The topological polar surface area (TPSA) is 70.5 Å². The van der Waals surface area contributed by atoms with Crippen molar-refractivity contribution in [3.05, 3.63) is 99.3 Å². The van der Waals surface area contributed by atoms with E-state index >= 15 is 0 Å². The van der Waals surface area contributed by atoms with Gasteiger partial charge in [-0.05, 0) is 73.2 Å². The molecule has 1 saturated heterocycles. The van der Waals surface area contributed by atoms with Crippen LogP contribution in [-0.4, -0.2) is 26.9 Å². The number of carboxylic acids is 1. The highest BCUT2D eigenvalue weighted by molar-refractivity contribution is 6.30. The summed E-state index contributed by atoms with van der Waals surface area (Å²) in [6.45, 7) is 3.84. The van der Waals surface area contributed by atoms with Crippen LogP contribution in [0.2, 0.25) is 10.0 Å². The first kappa shape index (κ1) is 26.7. The molecule has 2 aliphatic rings. The van der Waals surface area contributed by atoms with Gasteiger partial charge >= 0.3 is 5.97 Å². The summed E-state index contributed by atoms with van der Waals surface area (Å²) in [5, 5.41) is 11.1. The Hall–Kier alpha value is -2.89. The quantitative estimate of drug-likeness (QED) is 0.308. The molecule has 2 heterocycles. The molecule has 4 atom stereocenters. The molecule has 198 valence electrons. The summed E-state index contributed by atoms with van der Waals surface area (Å²) in [7, 11) is 0. The van der Waals surface area contributed by atoms with Crippen LogP contribution in [0.5, 0.6) is 0 Å². The average molecular weight is 552 g/mol. The molecule has 1 N–H and O–H groups in total. The van der Waals surface area contributed by atoms with Gasteiger partial charge in [0.2, 0.25) is 5.91 Å². The first-order valence-corrected chi connectivity index (χ1v) is 14.0. The van der Waals surface area contributed by atoms with E-state index in [1.807, 2.05) is 65.6 Å². The molecule has 2 aromatic carbocycles. The van der Waals surface area contributed by atoms with Crippen molar-refractivity contribution in [3.8, 4) is 0 Å². The number of halogens is 2. The van der Waals surface area contributed by atoms with Crippen molar-refractivity contribution in [1.82, 2.24) is 9.88 Å². The number of rotatable bonds is 8. The van der Waals surface area contributed by atoms with E-state index in [1.54, 1.807) is 6.92 Å². The van der Waals surface area contributed by atoms with Crippen LogP contribution < -0.4 is 0 Å². The van der Waals surface area contributed by atoms with Gasteiger partial charge in [-0.1, -0.05) is 67.4 Å². The normalized spacial score (nSPS) is 24.3. The van der Waals surface area contributed by atoms with E-state index < -0.39 is 11.4 Å². The zero-order valence-corrected chi connectivity index (χ0v) is 23.1. The number of carbonyl (C=O) groups excluding carboxylic acids is 1. The highest BCUT2D eigenvalue weighted by Crippen LogP contribution is 2.54. The van der Waals surface area contributed by atoms with Gasteiger partial charge in [0, 0.05) is 27.6 Å². The standard InChI is InChI=1S/C31H32Cl2N2O3/c1-3-27(26-9-5-8-25(34-26)19-10-11-19)35-29(20-12-14-22(32)15-13-20)24(21-6-4-7-23(33)16-21)17-31(2,30(35)38)18-28(36)37/h4-9,12-16,19,24,27,29H,3,10-11,17-18H2,1-2H3,(H,36,37)/t24?,27-,29+,31+/m0/s1. The number of amides is 1. The molecule has 3 aromatic rings. The van der Waals surface area contributed by atoms with Crippen molar-refractivity contribution >= 4 is 35.1 Å². The van der Waals surface area contributed by atoms with E-state index in [9.17, 15) is 14.7 Å². The zero-order chi connectivity index (χ0) is 27.0. The van der Waals surface area contributed by atoms with E-state index in [1.165, 1.54) is 0 Å². The number of hydrogen-bond donors (Lipinski definition) is 1. The van der Waals surface area contributed by atoms with Gasteiger partial charge in [0.05, 0.1) is 29.6 Å². The third-order valence-corrected chi connectivity index (χ3v) is 8.47. The molecule has 5 nitrogen and oxygen atoms in total. The molecule has 38 heavy (non-hydrogen) atoms. The van der Waals surface area contributed by atoms with E-state index in [0.29, 0.717) is 28.8 Å². The average Bonchev–Trinajstić information content (AvgIpc) is 3.73. The van der Waals surface area contributed by atoms with Crippen LogP contribution in [0, 0.1) is 5.41 Å². The molecule has 2 fully saturated rings. The van der Waals surface area contributed by atoms with Crippen molar-refractivity contribution < 1.29 is 14.7 Å². The molecular weight excluding hydrogens is 519 g/mol. The number of likely N-dealkylation sites (tertiary alicyclic amines) is 1. The Morgan fingerprint density at radius 1 is 1.05 bits per heavy atom. The van der Waals surface area contributed by atoms with Gasteiger partial charge in [0.15, 0.2) is 0 Å². The lowest BCUT2D eigenvalue weighted by atomic mass is 9.67. The molecule has 0 bridgehead atoms. The van der Waals surface area contributed by atoms with Crippen LogP contribution in [0.1, 0.15) is 92.4 Å². The van der Waals surface area contributed by atoms with Gasteiger partial charge in [0.25, 0.3) is 0 Å². The minimum atomic E-state index is -1.09. The van der Waals surface area contributed by atoms with Gasteiger partial charge in [0.1, 0.15) is 0 Å². The summed E-state index contributed by atoms with van der Waals surface area (Å²) in [4.78, 5) is 33.4. The van der Waals surface area contributed by atoms with Gasteiger partial charge in [-0.2, -0.15) is 0 Å². The number of piperidine rings is 1. The largest absolute Gasteiger partial charge is 0.481 e. The minimum Gasteiger partial charge on any atom is -0.481 e. The maximum Gasteiger partial charge on any atom is 0.304 e. The fraction of sp³-hybridized carbons (Fsp3) is 0.387. The fourth-order valence-corrected chi connectivity index (χ4v) is 6.36. The Kier molecular flexibility index (Phi) is 7.52. The Bertz CT molecular complexity index is 1340. The van der Waals surface area contributed by atoms with Crippen molar-refractivity contribution in [2.24, 2.45) is 5.41 Å². The summed E-state index contributed by atoms with van der Waals surface area (Å²) in [5.41, 5.74) is 2.73. The predicted molar refractivity (Wildman–Crippen MR) is 149 cm³/mol. The SMILES string of the molecule is CC[C@@H](c1cccc(C2CC2)n1)N1C(=O)[C@@](C)(CC(=O)O)CC(c2cccc(Cl)c2)[C@H]1c1ccc(Cl)cc1. The summed E-state index contributed by atoms with van der Waals surface area (Å²) < 4.78 is 0. The zero-order valence-electron chi connectivity index (χ0n) is 21.6. The summed E-state index contributed by atoms with van der Waals surface area (Å²) in [6.07, 6.45) is 3.04. The number of pyridine rings is 1. The maximum atomic E-state index is 14.5. The Morgan fingerprint density at radius 2 is 1.76 bits per heavy atom. The second-order valence-electron chi connectivity index (χ2n) is 10.9. The van der Waals surface area contributed by atoms with E-state index in [2.05, 4.69) is 13.0 Å². The third kappa shape index (κ3) is 5.32. The second-order valence-corrected chi connectivity index (χ2v) is 11.8. The molecule has 1 saturated carbocycles. The van der Waals surface area contributed by atoms with Crippen LogP contribution in [0.25, 0.3) is 0 Å². The maximum absolute atomic E-state index is 14.5. The second kappa shape index (κ2) is 10.7. The molecule has 1 aliphatic heterocycles. The number of nitrogens with zero attached hydrogens (tertiary/aromatic N) is 2. The Morgan fingerprint density at radius 3 is 2.39 bits per heavy atom. The number of aliphatic carboxylic acids is 1. The fourth-order valence-electron chi connectivity index (χ4n) is 6.03. The molecule has 0 spiro atoms. The smallest absolute Gasteiger partial charge is 0.304 e. The van der Waals surface area contributed by atoms with Crippen molar-refractivity contribution in [2.75, 3.05) is 0 Å².